The molecule has 0 radical (unpaired) electrons. The van der Waals surface area contributed by atoms with Crippen molar-refractivity contribution in [1.82, 2.24) is 0 Å². The lowest BCUT2D eigenvalue weighted by atomic mass is 10.1. The van der Waals surface area contributed by atoms with Gasteiger partial charge >= 0.3 is 0 Å². The van der Waals surface area contributed by atoms with Gasteiger partial charge in [0.15, 0.2) is 5.05 Å². The van der Waals surface area contributed by atoms with Gasteiger partial charge in [-0.1, -0.05) is 37.0 Å². The molecule has 0 aliphatic heterocycles. The summed E-state index contributed by atoms with van der Waals surface area (Å²) in [5, 5.41) is 12.3. The standard InChI is InChI=1S/C19H19Cl2NO4S/c1-11(2)8-9-25-19(27)14-10-13(4-6-16(14)22(23)24)26-17-7-5-15(20)12(3)18(17)21/h4-7,10-11H,8-9H2,1-3H3. The van der Waals surface area contributed by atoms with Gasteiger partial charge in [0.25, 0.3) is 5.69 Å². The predicted molar refractivity (Wildman–Crippen MR) is 111 cm³/mol. The minimum Gasteiger partial charge on any atom is -0.483 e. The van der Waals surface area contributed by atoms with Crippen molar-refractivity contribution in [2.45, 2.75) is 27.2 Å². The van der Waals surface area contributed by atoms with Crippen LogP contribution < -0.4 is 4.74 Å². The lowest BCUT2D eigenvalue weighted by molar-refractivity contribution is -0.385. The summed E-state index contributed by atoms with van der Waals surface area (Å²) < 4.78 is 11.3. The molecule has 2 rings (SSSR count). The Hall–Kier alpha value is -1.89. The molecule has 0 saturated heterocycles. The van der Waals surface area contributed by atoms with Gasteiger partial charge in [-0.3, -0.25) is 10.1 Å². The highest BCUT2D eigenvalue weighted by Crippen LogP contribution is 2.36. The van der Waals surface area contributed by atoms with Crippen LogP contribution in [0.5, 0.6) is 11.5 Å². The third-order valence-electron chi connectivity index (χ3n) is 3.83. The topological polar surface area (TPSA) is 61.6 Å². The Morgan fingerprint density at radius 3 is 2.59 bits per heavy atom. The number of thiocarbonyl (C=S) groups is 1. The van der Waals surface area contributed by atoms with Crippen LogP contribution in [0.2, 0.25) is 10.0 Å². The Bertz CT molecular complexity index is 871. The molecule has 0 bridgehead atoms. The fraction of sp³-hybridized carbons (Fsp3) is 0.316. The van der Waals surface area contributed by atoms with E-state index in [9.17, 15) is 10.1 Å². The fourth-order valence-corrected chi connectivity index (χ4v) is 2.86. The molecule has 0 atom stereocenters. The molecule has 144 valence electrons. The van der Waals surface area contributed by atoms with E-state index in [4.69, 9.17) is 44.9 Å². The second kappa shape index (κ2) is 9.35. The molecular weight excluding hydrogens is 409 g/mol. The maximum atomic E-state index is 11.3. The van der Waals surface area contributed by atoms with E-state index in [1.54, 1.807) is 19.1 Å². The summed E-state index contributed by atoms with van der Waals surface area (Å²) in [5.74, 6) is 1.19. The summed E-state index contributed by atoms with van der Waals surface area (Å²) in [6.45, 7) is 6.28. The number of ether oxygens (including phenoxy) is 2. The van der Waals surface area contributed by atoms with Crippen LogP contribution in [-0.2, 0) is 4.74 Å². The van der Waals surface area contributed by atoms with E-state index < -0.39 is 4.92 Å². The average molecular weight is 428 g/mol. The zero-order valence-electron chi connectivity index (χ0n) is 15.1. The molecule has 0 aromatic heterocycles. The van der Waals surface area contributed by atoms with Gasteiger partial charge in [0.1, 0.15) is 17.1 Å². The SMILES string of the molecule is Cc1c(Cl)ccc(Oc2ccc([N+](=O)[O-])c(C(=S)OCCC(C)C)c2)c1Cl. The van der Waals surface area contributed by atoms with Gasteiger partial charge in [0.2, 0.25) is 0 Å². The van der Waals surface area contributed by atoms with Crippen molar-refractivity contribution in [2.75, 3.05) is 6.61 Å². The van der Waals surface area contributed by atoms with Crippen LogP contribution in [0.3, 0.4) is 0 Å². The maximum Gasteiger partial charge on any atom is 0.281 e. The molecule has 0 spiro atoms. The number of benzene rings is 2. The average Bonchev–Trinajstić information content (AvgIpc) is 2.61. The molecule has 0 amide bonds. The van der Waals surface area contributed by atoms with Crippen LogP contribution in [0.25, 0.3) is 0 Å². The first kappa shape index (κ1) is 21.4. The molecule has 5 nitrogen and oxygen atoms in total. The van der Waals surface area contributed by atoms with Gasteiger partial charge in [0, 0.05) is 11.1 Å². The Balaban J connectivity index is 2.30. The van der Waals surface area contributed by atoms with E-state index in [-0.39, 0.29) is 16.3 Å². The zero-order chi connectivity index (χ0) is 20.1. The molecule has 8 heteroatoms. The first-order valence-electron chi connectivity index (χ1n) is 8.28. The van der Waals surface area contributed by atoms with Crippen LogP contribution in [0.4, 0.5) is 5.69 Å². The number of nitro benzene ring substituents is 1. The summed E-state index contributed by atoms with van der Waals surface area (Å²) in [6, 6.07) is 7.61. The molecule has 0 aliphatic rings. The van der Waals surface area contributed by atoms with E-state index in [1.807, 2.05) is 0 Å². The fourth-order valence-electron chi connectivity index (χ4n) is 2.21. The van der Waals surface area contributed by atoms with Crippen molar-refractivity contribution < 1.29 is 14.4 Å². The van der Waals surface area contributed by atoms with Crippen LogP contribution in [0, 0.1) is 23.0 Å². The van der Waals surface area contributed by atoms with E-state index in [1.165, 1.54) is 18.2 Å². The first-order valence-corrected chi connectivity index (χ1v) is 9.45. The first-order chi connectivity index (χ1) is 12.7. The molecule has 0 unspecified atom stereocenters. The summed E-state index contributed by atoms with van der Waals surface area (Å²) in [5.41, 5.74) is 0.735. The maximum absolute atomic E-state index is 11.3. The molecule has 27 heavy (non-hydrogen) atoms. The normalized spacial score (nSPS) is 10.7. The summed E-state index contributed by atoms with van der Waals surface area (Å²) in [7, 11) is 0. The third-order valence-corrected chi connectivity index (χ3v) is 5.04. The summed E-state index contributed by atoms with van der Waals surface area (Å²) in [6.07, 6.45) is 0.795. The Morgan fingerprint density at radius 1 is 1.26 bits per heavy atom. The smallest absolute Gasteiger partial charge is 0.281 e. The Labute approximate surface area is 173 Å². The third kappa shape index (κ3) is 5.54. The molecule has 0 heterocycles. The summed E-state index contributed by atoms with van der Waals surface area (Å²) >= 11 is 17.5. The molecule has 0 fully saturated rings. The van der Waals surface area contributed by atoms with Crippen molar-refractivity contribution >= 4 is 46.2 Å². The van der Waals surface area contributed by atoms with Crippen LogP contribution in [-0.4, -0.2) is 16.6 Å². The van der Waals surface area contributed by atoms with Crippen molar-refractivity contribution in [3.8, 4) is 11.5 Å². The van der Waals surface area contributed by atoms with Gasteiger partial charge in [0.05, 0.1) is 16.6 Å². The molecule has 2 aromatic carbocycles. The van der Waals surface area contributed by atoms with Crippen molar-refractivity contribution in [2.24, 2.45) is 5.92 Å². The molecule has 0 saturated carbocycles. The number of hydrogen-bond acceptors (Lipinski definition) is 5. The Morgan fingerprint density at radius 2 is 1.96 bits per heavy atom. The van der Waals surface area contributed by atoms with Gasteiger partial charge < -0.3 is 9.47 Å². The lowest BCUT2D eigenvalue weighted by Crippen LogP contribution is -2.09. The lowest BCUT2D eigenvalue weighted by Gasteiger charge is -2.13. The second-order valence-electron chi connectivity index (χ2n) is 6.34. The van der Waals surface area contributed by atoms with Gasteiger partial charge in [-0.2, -0.15) is 0 Å². The molecular formula is C19H19Cl2NO4S. The van der Waals surface area contributed by atoms with E-state index in [0.29, 0.717) is 39.6 Å². The van der Waals surface area contributed by atoms with Crippen molar-refractivity contribution in [1.29, 1.82) is 0 Å². The van der Waals surface area contributed by atoms with Crippen LogP contribution >= 0.6 is 35.4 Å². The molecule has 0 N–H and O–H groups in total. The van der Waals surface area contributed by atoms with E-state index >= 15 is 0 Å². The number of hydrogen-bond donors (Lipinski definition) is 0. The minimum atomic E-state index is -0.503. The highest BCUT2D eigenvalue weighted by Gasteiger charge is 2.20. The molecule has 0 aliphatic carbocycles. The quantitative estimate of drug-likeness (QED) is 0.278. The predicted octanol–water partition coefficient (Wildman–Crippen LogP) is 6.74. The minimum absolute atomic E-state index is 0.0613. The van der Waals surface area contributed by atoms with Crippen molar-refractivity contribution in [3.05, 3.63) is 61.6 Å². The zero-order valence-corrected chi connectivity index (χ0v) is 17.5. The number of nitro groups is 1. The van der Waals surface area contributed by atoms with Gasteiger partial charge in [-0.25, -0.2) is 0 Å². The number of rotatable bonds is 7. The van der Waals surface area contributed by atoms with Gasteiger partial charge in [-0.05, 0) is 61.3 Å². The summed E-state index contributed by atoms with van der Waals surface area (Å²) in [4.78, 5) is 10.8. The van der Waals surface area contributed by atoms with Crippen molar-refractivity contribution in [3.63, 3.8) is 0 Å². The Kier molecular flexibility index (Phi) is 7.41. The monoisotopic (exact) mass is 427 g/mol. The van der Waals surface area contributed by atoms with Crippen LogP contribution in [0.1, 0.15) is 31.4 Å². The van der Waals surface area contributed by atoms with E-state index in [2.05, 4.69) is 13.8 Å². The van der Waals surface area contributed by atoms with E-state index in [0.717, 1.165) is 6.42 Å². The highest BCUT2D eigenvalue weighted by molar-refractivity contribution is 7.80. The molecule has 2 aromatic rings. The van der Waals surface area contributed by atoms with Crippen LogP contribution in [0.15, 0.2) is 30.3 Å². The highest BCUT2D eigenvalue weighted by atomic mass is 35.5. The second-order valence-corrected chi connectivity index (χ2v) is 7.50. The van der Waals surface area contributed by atoms with Gasteiger partial charge in [-0.15, -0.1) is 0 Å². The number of nitrogens with zero attached hydrogens (tertiary/aromatic N) is 1. The largest absolute Gasteiger partial charge is 0.483 e. The number of halogens is 2.